The van der Waals surface area contributed by atoms with Gasteiger partial charge in [0.05, 0.1) is 0 Å². The Hall–Kier alpha value is -0.322. The summed E-state index contributed by atoms with van der Waals surface area (Å²) in [4.78, 5) is 0. The van der Waals surface area contributed by atoms with Crippen LogP contribution in [0.1, 0.15) is 12.5 Å². The van der Waals surface area contributed by atoms with E-state index in [1.54, 1.807) is 18.8 Å². The molecule has 0 spiro atoms. The van der Waals surface area contributed by atoms with Crippen molar-refractivity contribution < 1.29 is 18.8 Å². The standard InChI is InChI=1S/C9H10.C4H7.ClH.Pt/c1-2-6-9-7-4-3-5-8-9;1-4(2)3;;/h2-5,7-8H,1,6H2;1-2H2,3H3;1H;/q;;;+1/p-1. The molecule has 0 fully saturated rings. The summed E-state index contributed by atoms with van der Waals surface area (Å²) in [7, 11) is 4.61. The van der Waals surface area contributed by atoms with Gasteiger partial charge in [-0.1, -0.05) is 42.0 Å². The van der Waals surface area contributed by atoms with E-state index in [9.17, 15) is 0 Å². The minimum absolute atomic E-state index is 0.917. The number of halogens is 1. The molecule has 0 aromatic heterocycles. The van der Waals surface area contributed by atoms with E-state index in [1.165, 1.54) is 5.56 Å². The molecular weight excluding hydrogens is 387 g/mol. The first kappa shape index (κ1) is 17.1. The van der Waals surface area contributed by atoms with Gasteiger partial charge in [-0.15, -0.1) is 13.2 Å². The predicted octanol–water partition coefficient (Wildman–Crippen LogP) is 4.50. The van der Waals surface area contributed by atoms with Crippen LogP contribution in [-0.4, -0.2) is 0 Å². The van der Waals surface area contributed by atoms with Crippen molar-refractivity contribution in [1.29, 1.82) is 0 Å². The molecule has 1 aromatic rings. The van der Waals surface area contributed by atoms with Crippen LogP contribution in [-0.2, 0) is 25.2 Å². The molecule has 86 valence electrons. The molecule has 0 aliphatic carbocycles. The Morgan fingerprint density at radius 2 is 1.73 bits per heavy atom. The van der Waals surface area contributed by atoms with Crippen molar-refractivity contribution >= 4 is 9.42 Å². The quantitative estimate of drug-likeness (QED) is 0.638. The molecule has 2 heteroatoms. The molecule has 15 heavy (non-hydrogen) atoms. The van der Waals surface area contributed by atoms with E-state index >= 15 is 0 Å². The van der Waals surface area contributed by atoms with Crippen LogP contribution in [0.2, 0.25) is 0 Å². The van der Waals surface area contributed by atoms with E-state index in [0.717, 1.165) is 12.0 Å². The second-order valence-electron chi connectivity index (χ2n) is 2.94. The van der Waals surface area contributed by atoms with Gasteiger partial charge in [-0.25, -0.2) is 0 Å². The molecule has 0 heterocycles. The van der Waals surface area contributed by atoms with Gasteiger partial charge in [-0.2, -0.15) is 0 Å². The summed E-state index contributed by atoms with van der Waals surface area (Å²) >= 11 is 1.61. The second kappa shape index (κ2) is 13.7. The Bertz CT molecular complexity index is 250. The molecule has 0 unspecified atom stereocenters. The van der Waals surface area contributed by atoms with Gasteiger partial charge in [0.15, 0.2) is 0 Å². The van der Waals surface area contributed by atoms with Gasteiger partial charge in [-0.3, -0.25) is 0 Å². The zero-order valence-electron chi connectivity index (χ0n) is 8.99. The number of allylic oxidation sites excluding steroid dienone is 2. The first-order valence-corrected chi connectivity index (χ1v) is 7.22. The van der Waals surface area contributed by atoms with Gasteiger partial charge >= 0.3 is 28.2 Å². The molecule has 0 saturated carbocycles. The van der Waals surface area contributed by atoms with Crippen LogP contribution in [0, 0.1) is 6.92 Å². The van der Waals surface area contributed by atoms with Gasteiger partial charge in [0.1, 0.15) is 0 Å². The Balaban J connectivity index is 0. The normalized spacial score (nSPS) is 7.53. The zero-order chi connectivity index (χ0) is 12.1. The summed E-state index contributed by atoms with van der Waals surface area (Å²) in [6, 6.07) is 10.3. The van der Waals surface area contributed by atoms with Crippen LogP contribution in [0.25, 0.3) is 0 Å². The third kappa shape index (κ3) is 16.4. The van der Waals surface area contributed by atoms with Crippen molar-refractivity contribution in [2.75, 3.05) is 0 Å². The fourth-order valence-corrected chi connectivity index (χ4v) is 0.781. The van der Waals surface area contributed by atoms with Crippen LogP contribution < -0.4 is 0 Å². The maximum atomic E-state index is 4.61. The average Bonchev–Trinajstić information content (AvgIpc) is 2.22. The second-order valence-corrected chi connectivity index (χ2v) is 2.94. The fraction of sp³-hybridized carbons (Fsp3) is 0.154. The van der Waals surface area contributed by atoms with Gasteiger partial charge in [-0.05, 0) is 25.8 Å². The molecule has 0 saturated heterocycles. The summed E-state index contributed by atoms with van der Waals surface area (Å²) < 4.78 is 0. The topological polar surface area (TPSA) is 0 Å². The zero-order valence-corrected chi connectivity index (χ0v) is 12.0. The van der Waals surface area contributed by atoms with E-state index in [-0.39, 0.29) is 0 Å². The van der Waals surface area contributed by atoms with Crippen LogP contribution in [0.15, 0.2) is 55.1 Å². The number of rotatable bonds is 2. The van der Waals surface area contributed by atoms with E-state index in [1.807, 2.05) is 31.2 Å². The molecule has 0 aliphatic heterocycles. The molecule has 1 radical (unpaired) electrons. The SMILES string of the molecule is C=CCc1ccccc1.[CH2]C(=C)C.[Cl][Pt]. The molecule has 0 nitrogen and oxygen atoms in total. The maximum absolute atomic E-state index is 4.61. The Labute approximate surface area is 109 Å². The van der Waals surface area contributed by atoms with Crippen LogP contribution in [0.4, 0.5) is 0 Å². The van der Waals surface area contributed by atoms with Gasteiger partial charge in [0, 0.05) is 0 Å². The van der Waals surface area contributed by atoms with E-state index in [4.69, 9.17) is 0 Å². The fourth-order valence-electron chi connectivity index (χ4n) is 0.781. The summed E-state index contributed by atoms with van der Waals surface area (Å²) in [5, 5.41) is 0. The Morgan fingerprint density at radius 1 is 1.33 bits per heavy atom. The van der Waals surface area contributed by atoms with Gasteiger partial charge < -0.3 is 0 Å². The molecular formula is C13H17ClPt. The van der Waals surface area contributed by atoms with Crippen molar-refractivity contribution in [3.05, 3.63) is 67.6 Å². The predicted molar refractivity (Wildman–Crippen MR) is 66.4 cm³/mol. The average molecular weight is 404 g/mol. The van der Waals surface area contributed by atoms with E-state index in [2.05, 4.69) is 41.6 Å². The van der Waals surface area contributed by atoms with E-state index < -0.39 is 0 Å². The third-order valence-corrected chi connectivity index (χ3v) is 1.22. The van der Waals surface area contributed by atoms with Crippen molar-refractivity contribution in [3.8, 4) is 0 Å². The van der Waals surface area contributed by atoms with Gasteiger partial charge in [0.2, 0.25) is 0 Å². The van der Waals surface area contributed by atoms with Crippen molar-refractivity contribution in [3.63, 3.8) is 0 Å². The van der Waals surface area contributed by atoms with Crippen molar-refractivity contribution in [2.45, 2.75) is 13.3 Å². The van der Waals surface area contributed by atoms with Crippen LogP contribution >= 0.6 is 9.42 Å². The molecule has 1 aromatic carbocycles. The monoisotopic (exact) mass is 403 g/mol. The molecule has 0 amide bonds. The molecule has 0 atom stereocenters. The third-order valence-electron chi connectivity index (χ3n) is 1.22. The molecule has 1 rings (SSSR count). The number of hydrogen-bond donors (Lipinski definition) is 0. The minimum atomic E-state index is 0.917. The molecule has 0 N–H and O–H groups in total. The first-order valence-electron chi connectivity index (χ1n) is 4.41. The number of benzene rings is 1. The van der Waals surface area contributed by atoms with Crippen LogP contribution in [0.5, 0.6) is 0 Å². The first-order chi connectivity index (χ1) is 7.16. The number of hydrogen-bond acceptors (Lipinski definition) is 0. The molecule has 0 aliphatic rings. The van der Waals surface area contributed by atoms with Gasteiger partial charge in [0.25, 0.3) is 0 Å². The van der Waals surface area contributed by atoms with Crippen molar-refractivity contribution in [1.82, 2.24) is 0 Å². The van der Waals surface area contributed by atoms with Crippen molar-refractivity contribution in [2.24, 2.45) is 0 Å². The Morgan fingerprint density at radius 3 is 2.07 bits per heavy atom. The molecule has 0 bridgehead atoms. The van der Waals surface area contributed by atoms with Crippen LogP contribution in [0.3, 0.4) is 0 Å². The summed E-state index contributed by atoms with van der Waals surface area (Å²) in [6.45, 7) is 12.4. The summed E-state index contributed by atoms with van der Waals surface area (Å²) in [5.74, 6) is 0. The summed E-state index contributed by atoms with van der Waals surface area (Å²) in [6.07, 6.45) is 2.89. The Kier molecular flexibility index (Phi) is 15.6. The summed E-state index contributed by atoms with van der Waals surface area (Å²) in [5.41, 5.74) is 2.24. The van der Waals surface area contributed by atoms with E-state index in [0.29, 0.717) is 0 Å².